The van der Waals surface area contributed by atoms with Crippen molar-refractivity contribution < 1.29 is 23.6 Å². The number of H-pyrrole nitrogens is 1. The third-order valence-corrected chi connectivity index (χ3v) is 3.16. The summed E-state index contributed by atoms with van der Waals surface area (Å²) in [5.41, 5.74) is 0.879. The maximum absolute atomic E-state index is 11.8. The minimum Gasteiger partial charge on any atom is -0.497 e. The first-order valence-corrected chi connectivity index (χ1v) is 6.36. The molecule has 0 fully saturated rings. The van der Waals surface area contributed by atoms with Gasteiger partial charge in [0.2, 0.25) is 11.0 Å². The molecule has 2 heterocycles. The number of carbonyl (C=O) groups is 1. The van der Waals surface area contributed by atoms with Crippen molar-refractivity contribution in [2.75, 3.05) is 7.11 Å². The molecule has 0 amide bonds. The summed E-state index contributed by atoms with van der Waals surface area (Å²) in [7, 11) is 1.56. The lowest BCUT2D eigenvalue weighted by Crippen LogP contribution is -2.07. The molecule has 1 N–H and O–H groups in total. The Labute approximate surface area is 124 Å². The molecule has 2 aromatic rings. The zero-order valence-electron chi connectivity index (χ0n) is 11.8. The van der Waals surface area contributed by atoms with Crippen molar-refractivity contribution in [3.05, 3.63) is 51.6 Å². The standard InChI is InChI=1S/C14H11N3O5/c1-8-11(13(18)21-15-8)7-12-14(19)22-16-17(12)9-3-5-10(20-2)6-4-9/h3-7H,1-2H3/p+1. The van der Waals surface area contributed by atoms with Crippen molar-refractivity contribution in [1.29, 1.82) is 0 Å². The Morgan fingerprint density at radius 1 is 1.27 bits per heavy atom. The van der Waals surface area contributed by atoms with Crippen LogP contribution >= 0.6 is 0 Å². The lowest BCUT2D eigenvalue weighted by Gasteiger charge is -1.97. The molecule has 22 heavy (non-hydrogen) atoms. The SMILES string of the molecule is COc1ccc([N+]2=NOC(=O)/C2=C\c2c(C)[nH]oc2=O)cc1. The normalized spacial score (nSPS) is 15.8. The highest BCUT2D eigenvalue weighted by atomic mass is 16.7. The number of aromatic amines is 1. The van der Waals surface area contributed by atoms with Gasteiger partial charge in [0.05, 0.1) is 18.4 Å². The van der Waals surface area contributed by atoms with Crippen LogP contribution in [0.15, 0.2) is 44.6 Å². The molecule has 0 unspecified atom stereocenters. The van der Waals surface area contributed by atoms with Gasteiger partial charge in [0.1, 0.15) is 5.75 Å². The predicted molar refractivity (Wildman–Crippen MR) is 73.5 cm³/mol. The largest absolute Gasteiger partial charge is 0.497 e. The number of carbonyl (C=O) groups excluding carboxylic acids is 1. The van der Waals surface area contributed by atoms with E-state index in [0.29, 0.717) is 17.1 Å². The Kier molecular flexibility index (Phi) is 3.34. The third kappa shape index (κ3) is 2.30. The van der Waals surface area contributed by atoms with Crippen LogP contribution in [0.3, 0.4) is 0 Å². The van der Waals surface area contributed by atoms with Gasteiger partial charge in [-0.1, -0.05) is 0 Å². The molecule has 8 heteroatoms. The monoisotopic (exact) mass is 302 g/mol. The number of hydrogen-bond acceptors (Lipinski definition) is 6. The number of hydrogen-bond donors (Lipinski definition) is 1. The van der Waals surface area contributed by atoms with Crippen molar-refractivity contribution in [1.82, 2.24) is 5.16 Å². The summed E-state index contributed by atoms with van der Waals surface area (Å²) in [4.78, 5) is 28.1. The number of ether oxygens (including phenoxy) is 1. The van der Waals surface area contributed by atoms with Crippen LogP contribution in [0.2, 0.25) is 0 Å². The van der Waals surface area contributed by atoms with E-state index in [1.165, 1.54) is 10.8 Å². The first kappa shape index (κ1) is 13.8. The number of benzene rings is 1. The highest BCUT2D eigenvalue weighted by Crippen LogP contribution is 2.26. The maximum Gasteiger partial charge on any atom is 0.437 e. The smallest absolute Gasteiger partial charge is 0.437 e. The van der Waals surface area contributed by atoms with Crippen LogP contribution < -0.4 is 10.4 Å². The Hall–Kier alpha value is -3.16. The van der Waals surface area contributed by atoms with Gasteiger partial charge in [0, 0.05) is 18.2 Å². The number of aryl methyl sites for hydroxylation is 1. The van der Waals surface area contributed by atoms with E-state index in [0.717, 1.165) is 0 Å². The van der Waals surface area contributed by atoms with Crippen LogP contribution in [0.5, 0.6) is 5.75 Å². The van der Waals surface area contributed by atoms with Crippen LogP contribution in [0.25, 0.3) is 6.08 Å². The number of nitrogens with zero attached hydrogens (tertiary/aromatic N) is 2. The summed E-state index contributed by atoms with van der Waals surface area (Å²) in [5, 5.41) is 6.14. The molecular formula is C14H12N3O5+. The molecule has 1 aliphatic rings. The van der Waals surface area contributed by atoms with Crippen LogP contribution in [-0.4, -0.2) is 22.9 Å². The second-order valence-corrected chi connectivity index (χ2v) is 4.53. The van der Waals surface area contributed by atoms with E-state index < -0.39 is 11.6 Å². The van der Waals surface area contributed by atoms with Crippen molar-refractivity contribution in [2.24, 2.45) is 5.28 Å². The van der Waals surface area contributed by atoms with Crippen LogP contribution in [0, 0.1) is 6.92 Å². The summed E-state index contributed by atoms with van der Waals surface area (Å²) in [6, 6.07) is 6.87. The van der Waals surface area contributed by atoms with Crippen molar-refractivity contribution in [3.8, 4) is 5.75 Å². The van der Waals surface area contributed by atoms with E-state index in [4.69, 9.17) is 4.74 Å². The van der Waals surface area contributed by atoms with Gasteiger partial charge in [-0.05, 0) is 23.8 Å². The molecule has 0 radical (unpaired) electrons. The molecule has 1 aliphatic heterocycles. The Morgan fingerprint density at radius 3 is 2.59 bits per heavy atom. The molecule has 0 saturated carbocycles. The Balaban J connectivity index is 2.04. The predicted octanol–water partition coefficient (Wildman–Crippen LogP) is 1.89. The van der Waals surface area contributed by atoms with E-state index in [1.54, 1.807) is 38.3 Å². The summed E-state index contributed by atoms with van der Waals surface area (Å²) >= 11 is 0. The average molecular weight is 302 g/mol. The van der Waals surface area contributed by atoms with Crippen LogP contribution in [0.1, 0.15) is 11.3 Å². The average Bonchev–Trinajstić information content (AvgIpc) is 3.05. The number of rotatable bonds is 3. The fourth-order valence-corrected chi connectivity index (χ4v) is 1.97. The molecule has 0 bridgehead atoms. The van der Waals surface area contributed by atoms with Crippen molar-refractivity contribution >= 4 is 17.7 Å². The lowest BCUT2D eigenvalue weighted by molar-refractivity contribution is -0.462. The second-order valence-electron chi connectivity index (χ2n) is 4.53. The highest BCUT2D eigenvalue weighted by Gasteiger charge is 2.37. The fraction of sp³-hybridized carbons (Fsp3) is 0.143. The van der Waals surface area contributed by atoms with Gasteiger partial charge in [-0.15, -0.1) is 0 Å². The van der Waals surface area contributed by atoms with Crippen molar-refractivity contribution in [3.63, 3.8) is 0 Å². The van der Waals surface area contributed by atoms with Crippen LogP contribution in [-0.2, 0) is 9.63 Å². The van der Waals surface area contributed by atoms with Gasteiger partial charge >= 0.3 is 17.3 Å². The lowest BCUT2D eigenvalue weighted by atomic mass is 10.2. The molecule has 1 aromatic heterocycles. The molecular weight excluding hydrogens is 290 g/mol. The molecule has 0 saturated heterocycles. The Bertz CT molecular complexity index is 842. The van der Waals surface area contributed by atoms with Gasteiger partial charge in [0.25, 0.3) is 0 Å². The van der Waals surface area contributed by atoms with Crippen molar-refractivity contribution in [2.45, 2.75) is 6.92 Å². The first-order valence-electron chi connectivity index (χ1n) is 6.36. The molecule has 3 rings (SSSR count). The zero-order valence-corrected chi connectivity index (χ0v) is 11.8. The summed E-state index contributed by atoms with van der Waals surface area (Å²) < 4.78 is 11.0. The van der Waals surface area contributed by atoms with E-state index in [1.807, 2.05) is 0 Å². The Morgan fingerprint density at radius 2 is 2.00 bits per heavy atom. The third-order valence-electron chi connectivity index (χ3n) is 3.16. The summed E-state index contributed by atoms with van der Waals surface area (Å²) in [5.74, 6) is 0.0127. The number of aromatic nitrogens is 1. The maximum atomic E-state index is 11.8. The molecule has 8 nitrogen and oxygen atoms in total. The molecule has 112 valence electrons. The highest BCUT2D eigenvalue weighted by molar-refractivity contribution is 5.91. The molecule has 1 aromatic carbocycles. The number of nitrogens with one attached hydrogen (secondary N) is 1. The molecule has 0 aliphatic carbocycles. The quantitative estimate of drug-likeness (QED) is 0.690. The van der Waals surface area contributed by atoms with Gasteiger partial charge in [0.15, 0.2) is 0 Å². The summed E-state index contributed by atoms with van der Waals surface area (Å²) in [6.07, 6.45) is 1.38. The summed E-state index contributed by atoms with van der Waals surface area (Å²) in [6.45, 7) is 1.66. The topological polar surface area (TPSA) is 96.9 Å². The van der Waals surface area contributed by atoms with E-state index in [9.17, 15) is 9.59 Å². The first-order chi connectivity index (χ1) is 10.6. The number of methoxy groups -OCH3 is 1. The van der Waals surface area contributed by atoms with Gasteiger partial charge in [-0.3, -0.25) is 4.84 Å². The van der Waals surface area contributed by atoms with Crippen LogP contribution in [0.4, 0.5) is 5.69 Å². The second kappa shape index (κ2) is 5.32. The molecule has 0 spiro atoms. The minimum atomic E-state index is -0.657. The van der Waals surface area contributed by atoms with Gasteiger partial charge in [-0.2, -0.15) is 0 Å². The molecule has 0 atom stereocenters. The van der Waals surface area contributed by atoms with Gasteiger partial charge < -0.3 is 9.26 Å². The zero-order chi connectivity index (χ0) is 15.7. The van der Waals surface area contributed by atoms with E-state index in [-0.39, 0.29) is 11.3 Å². The van der Waals surface area contributed by atoms with Gasteiger partial charge in [-0.25, -0.2) is 14.7 Å². The van der Waals surface area contributed by atoms with E-state index in [2.05, 4.69) is 19.8 Å². The fourth-order valence-electron chi connectivity index (χ4n) is 1.97. The minimum absolute atomic E-state index is 0.111. The van der Waals surface area contributed by atoms with E-state index >= 15 is 0 Å².